The van der Waals surface area contributed by atoms with Crippen LogP contribution in [0.3, 0.4) is 0 Å². The van der Waals surface area contributed by atoms with Crippen molar-refractivity contribution < 1.29 is 14.0 Å². The molecule has 1 aromatic heterocycles. The molecule has 1 aliphatic rings. The Hall–Kier alpha value is -3.15. The molecule has 0 radical (unpaired) electrons. The molecule has 0 aliphatic carbocycles. The Balaban J connectivity index is 1.74. The number of nitrogens with one attached hydrogen (secondary N) is 1. The van der Waals surface area contributed by atoms with Crippen molar-refractivity contribution in [2.45, 2.75) is 45.8 Å². The van der Waals surface area contributed by atoms with Gasteiger partial charge in [0.25, 0.3) is 5.91 Å². The smallest absolute Gasteiger partial charge is 0.271 e. The van der Waals surface area contributed by atoms with Crippen molar-refractivity contribution in [1.29, 1.82) is 0 Å². The van der Waals surface area contributed by atoms with Crippen molar-refractivity contribution in [3.8, 4) is 0 Å². The molecule has 6 heteroatoms. The summed E-state index contributed by atoms with van der Waals surface area (Å²) in [6, 6.07) is 15.8. The molecule has 5 nitrogen and oxygen atoms in total. The summed E-state index contributed by atoms with van der Waals surface area (Å²) in [5.74, 6) is -0.321. The minimum Gasteiger partial charge on any atom is -0.354 e. The van der Waals surface area contributed by atoms with Crippen LogP contribution in [-0.2, 0) is 17.9 Å². The number of amides is 2. The standard InChI is InChI=1S/C25H28FN3O2/c1-17(2)11-12-27-24(31)25(3)16-28-21-10-5-4-8-19(21)14-22(28)23(30)29(25)15-18-7-6-9-20(26)13-18/h4-10,13-14,17H,11-12,15-16H2,1-3H3,(H,27,31)/t25-/m1/s1. The third-order valence-corrected chi connectivity index (χ3v) is 6.06. The molecule has 1 atom stereocenters. The Bertz CT molecular complexity index is 1140. The van der Waals surface area contributed by atoms with Crippen LogP contribution < -0.4 is 5.32 Å². The number of aromatic nitrogens is 1. The Morgan fingerprint density at radius 2 is 1.94 bits per heavy atom. The fourth-order valence-electron chi connectivity index (χ4n) is 4.24. The average Bonchev–Trinajstić information content (AvgIpc) is 3.09. The van der Waals surface area contributed by atoms with Gasteiger partial charge in [0.1, 0.15) is 17.1 Å². The molecule has 162 valence electrons. The summed E-state index contributed by atoms with van der Waals surface area (Å²) in [5, 5.41) is 3.98. The van der Waals surface area contributed by atoms with E-state index < -0.39 is 5.54 Å². The minimum atomic E-state index is -1.10. The number of carbonyl (C=O) groups excluding carboxylic acids is 2. The minimum absolute atomic E-state index is 0.159. The first-order chi connectivity index (χ1) is 14.8. The van der Waals surface area contributed by atoms with Gasteiger partial charge in [-0.1, -0.05) is 44.2 Å². The Morgan fingerprint density at radius 3 is 2.68 bits per heavy atom. The first kappa shape index (κ1) is 21.1. The normalized spacial score (nSPS) is 18.5. The molecule has 2 amide bonds. The van der Waals surface area contributed by atoms with Gasteiger partial charge in [0.05, 0.1) is 6.54 Å². The summed E-state index contributed by atoms with van der Waals surface area (Å²) in [7, 11) is 0. The van der Waals surface area contributed by atoms with Crippen LogP contribution in [0.2, 0.25) is 0 Å². The maximum atomic E-state index is 13.8. The highest BCUT2D eigenvalue weighted by Gasteiger charge is 2.47. The first-order valence-electron chi connectivity index (χ1n) is 10.7. The molecule has 3 aromatic rings. The predicted octanol–water partition coefficient (Wildman–Crippen LogP) is 4.36. The van der Waals surface area contributed by atoms with Crippen molar-refractivity contribution >= 4 is 22.7 Å². The zero-order chi connectivity index (χ0) is 22.2. The Labute approximate surface area is 181 Å². The Morgan fingerprint density at radius 1 is 1.16 bits per heavy atom. The molecule has 1 aliphatic heterocycles. The average molecular weight is 422 g/mol. The maximum absolute atomic E-state index is 13.8. The summed E-state index contributed by atoms with van der Waals surface area (Å²) in [4.78, 5) is 28.6. The van der Waals surface area contributed by atoms with Crippen LogP contribution in [0.1, 0.15) is 43.2 Å². The van der Waals surface area contributed by atoms with E-state index in [-0.39, 0.29) is 24.2 Å². The van der Waals surface area contributed by atoms with Crippen LogP contribution >= 0.6 is 0 Å². The molecule has 2 heterocycles. The zero-order valence-corrected chi connectivity index (χ0v) is 18.2. The highest BCUT2D eigenvalue weighted by molar-refractivity contribution is 6.03. The molecule has 0 bridgehead atoms. The third-order valence-electron chi connectivity index (χ3n) is 6.06. The van der Waals surface area contributed by atoms with Gasteiger partial charge < -0.3 is 14.8 Å². The van der Waals surface area contributed by atoms with E-state index in [2.05, 4.69) is 19.2 Å². The van der Waals surface area contributed by atoms with E-state index in [1.54, 1.807) is 24.0 Å². The molecule has 0 saturated heterocycles. The van der Waals surface area contributed by atoms with E-state index in [1.807, 2.05) is 34.9 Å². The first-order valence-corrected chi connectivity index (χ1v) is 10.7. The fourth-order valence-corrected chi connectivity index (χ4v) is 4.24. The highest BCUT2D eigenvalue weighted by atomic mass is 19.1. The van der Waals surface area contributed by atoms with Crippen molar-refractivity contribution in [2.75, 3.05) is 6.54 Å². The largest absolute Gasteiger partial charge is 0.354 e. The number of carbonyl (C=O) groups is 2. The predicted molar refractivity (Wildman–Crippen MR) is 119 cm³/mol. The molecule has 0 fully saturated rings. The quantitative estimate of drug-likeness (QED) is 0.643. The third kappa shape index (κ3) is 3.94. The SMILES string of the molecule is CC(C)CCNC(=O)[C@@]1(C)Cn2c(cc3ccccc32)C(=O)N1Cc1cccc(F)c1. The topological polar surface area (TPSA) is 54.3 Å². The molecule has 4 rings (SSSR count). The highest BCUT2D eigenvalue weighted by Crippen LogP contribution is 2.33. The maximum Gasteiger partial charge on any atom is 0.271 e. The van der Waals surface area contributed by atoms with Crippen LogP contribution in [-0.4, -0.2) is 33.4 Å². The van der Waals surface area contributed by atoms with Crippen LogP contribution in [0.15, 0.2) is 54.6 Å². The fraction of sp³-hybridized carbons (Fsp3) is 0.360. The number of para-hydroxylation sites is 1. The van der Waals surface area contributed by atoms with E-state index in [9.17, 15) is 14.0 Å². The van der Waals surface area contributed by atoms with Gasteiger partial charge in [-0.05, 0) is 49.1 Å². The van der Waals surface area contributed by atoms with Crippen LogP contribution in [0.4, 0.5) is 4.39 Å². The van der Waals surface area contributed by atoms with Gasteiger partial charge >= 0.3 is 0 Å². The number of benzene rings is 2. The van der Waals surface area contributed by atoms with E-state index in [1.165, 1.54) is 12.1 Å². The number of halogens is 1. The van der Waals surface area contributed by atoms with Crippen molar-refractivity contribution in [1.82, 2.24) is 14.8 Å². The van der Waals surface area contributed by atoms with Crippen molar-refractivity contribution in [3.63, 3.8) is 0 Å². The van der Waals surface area contributed by atoms with Crippen LogP contribution in [0.25, 0.3) is 10.9 Å². The molecular weight excluding hydrogens is 393 g/mol. The number of rotatable bonds is 6. The molecular formula is C25H28FN3O2. The van der Waals surface area contributed by atoms with E-state index in [0.717, 1.165) is 17.3 Å². The summed E-state index contributed by atoms with van der Waals surface area (Å²) in [6.45, 7) is 7.05. The van der Waals surface area contributed by atoms with Gasteiger partial charge in [-0.25, -0.2) is 4.39 Å². The number of fused-ring (bicyclic) bond motifs is 3. The molecule has 0 unspecified atom stereocenters. The summed E-state index contributed by atoms with van der Waals surface area (Å²) in [5.41, 5.74) is 1.02. The van der Waals surface area contributed by atoms with Gasteiger partial charge in [0.2, 0.25) is 5.91 Å². The van der Waals surface area contributed by atoms with Crippen molar-refractivity contribution in [3.05, 3.63) is 71.7 Å². The number of hydrogen-bond donors (Lipinski definition) is 1. The molecule has 31 heavy (non-hydrogen) atoms. The molecule has 1 N–H and O–H groups in total. The lowest BCUT2D eigenvalue weighted by Crippen LogP contribution is -2.63. The van der Waals surface area contributed by atoms with Crippen molar-refractivity contribution in [2.24, 2.45) is 5.92 Å². The summed E-state index contributed by atoms with van der Waals surface area (Å²) < 4.78 is 15.7. The summed E-state index contributed by atoms with van der Waals surface area (Å²) >= 11 is 0. The number of nitrogens with zero attached hydrogens (tertiary/aromatic N) is 2. The van der Waals surface area contributed by atoms with Crippen LogP contribution in [0.5, 0.6) is 0 Å². The van der Waals surface area contributed by atoms with Gasteiger partial charge in [-0.15, -0.1) is 0 Å². The van der Waals surface area contributed by atoms with E-state index >= 15 is 0 Å². The van der Waals surface area contributed by atoms with Gasteiger partial charge in [0.15, 0.2) is 0 Å². The second-order valence-electron chi connectivity index (χ2n) is 8.91. The lowest BCUT2D eigenvalue weighted by molar-refractivity contribution is -0.133. The van der Waals surface area contributed by atoms with Crippen LogP contribution in [0, 0.1) is 11.7 Å². The zero-order valence-electron chi connectivity index (χ0n) is 18.2. The van der Waals surface area contributed by atoms with Gasteiger partial charge in [-0.3, -0.25) is 9.59 Å². The monoisotopic (exact) mass is 421 g/mol. The van der Waals surface area contributed by atoms with E-state index in [0.29, 0.717) is 30.3 Å². The molecule has 2 aromatic carbocycles. The Kier molecular flexibility index (Phi) is 5.56. The summed E-state index contributed by atoms with van der Waals surface area (Å²) in [6.07, 6.45) is 0.858. The van der Waals surface area contributed by atoms with Gasteiger partial charge in [0, 0.05) is 24.0 Å². The molecule has 0 spiro atoms. The molecule has 0 saturated carbocycles. The lowest BCUT2D eigenvalue weighted by atomic mass is 9.93. The van der Waals surface area contributed by atoms with E-state index in [4.69, 9.17) is 0 Å². The second-order valence-corrected chi connectivity index (χ2v) is 8.91. The lowest BCUT2D eigenvalue weighted by Gasteiger charge is -2.44. The number of hydrogen-bond acceptors (Lipinski definition) is 2. The second kappa shape index (κ2) is 8.17. The van der Waals surface area contributed by atoms with Gasteiger partial charge in [-0.2, -0.15) is 0 Å².